The van der Waals surface area contributed by atoms with Gasteiger partial charge in [0, 0.05) is 0 Å². The van der Waals surface area contributed by atoms with E-state index in [-0.39, 0.29) is 12.2 Å². The Morgan fingerprint density at radius 1 is 0.750 bits per heavy atom. The molecule has 0 spiro atoms. The minimum absolute atomic E-state index is 0.0720. The van der Waals surface area contributed by atoms with Crippen molar-refractivity contribution in [3.8, 4) is 0 Å². The van der Waals surface area contributed by atoms with Crippen molar-refractivity contribution >= 4 is 6.16 Å². The molecule has 20 heavy (non-hydrogen) atoms. The fourth-order valence-electron chi connectivity index (χ4n) is 2.53. The van der Waals surface area contributed by atoms with Gasteiger partial charge in [0.15, 0.2) is 0 Å². The first-order valence-corrected chi connectivity index (χ1v) is 8.11. The second-order valence-electron chi connectivity index (χ2n) is 6.67. The van der Waals surface area contributed by atoms with Crippen LogP contribution in [0, 0.1) is 23.7 Å². The molecule has 0 rings (SSSR count). The maximum atomic E-state index is 12.1. The first kappa shape index (κ1) is 19.3. The molecule has 3 heteroatoms. The van der Waals surface area contributed by atoms with E-state index in [1.165, 1.54) is 0 Å². The van der Waals surface area contributed by atoms with Gasteiger partial charge in [-0.1, -0.05) is 68.2 Å². The molecule has 0 aromatic rings. The van der Waals surface area contributed by atoms with Gasteiger partial charge in [0.1, 0.15) is 12.2 Å². The molecule has 0 N–H and O–H groups in total. The van der Waals surface area contributed by atoms with Crippen LogP contribution < -0.4 is 0 Å². The van der Waals surface area contributed by atoms with Gasteiger partial charge in [-0.25, -0.2) is 4.79 Å². The van der Waals surface area contributed by atoms with Crippen LogP contribution in [0.3, 0.4) is 0 Å². The smallest absolute Gasteiger partial charge is 0.430 e. The Morgan fingerprint density at radius 3 is 1.25 bits per heavy atom. The Balaban J connectivity index is 4.65. The number of hydrogen-bond acceptors (Lipinski definition) is 3. The topological polar surface area (TPSA) is 35.5 Å². The summed E-state index contributed by atoms with van der Waals surface area (Å²) in [4.78, 5) is 12.1. The van der Waals surface area contributed by atoms with Crippen molar-refractivity contribution in [1.29, 1.82) is 0 Å². The highest BCUT2D eigenvalue weighted by Crippen LogP contribution is 2.23. The summed E-state index contributed by atoms with van der Waals surface area (Å²) in [6.07, 6.45) is 1.34. The van der Waals surface area contributed by atoms with Gasteiger partial charge in [0.05, 0.1) is 0 Å². The molecule has 0 aliphatic heterocycles. The molecule has 120 valence electrons. The van der Waals surface area contributed by atoms with Crippen LogP contribution in [-0.4, -0.2) is 18.4 Å². The summed E-state index contributed by atoms with van der Waals surface area (Å²) in [6.45, 7) is 16.8. The highest BCUT2D eigenvalue weighted by Gasteiger charge is 2.28. The Morgan fingerprint density at radius 2 is 1.05 bits per heavy atom. The van der Waals surface area contributed by atoms with Crippen LogP contribution in [0.5, 0.6) is 0 Å². The van der Waals surface area contributed by atoms with E-state index in [2.05, 4.69) is 55.4 Å². The molecule has 0 aliphatic rings. The molecule has 0 bridgehead atoms. The third kappa shape index (κ3) is 6.15. The predicted molar refractivity (Wildman–Crippen MR) is 83.7 cm³/mol. The van der Waals surface area contributed by atoms with E-state index >= 15 is 0 Å². The summed E-state index contributed by atoms with van der Waals surface area (Å²) >= 11 is 0. The molecule has 4 unspecified atom stereocenters. The number of rotatable bonds is 8. The SMILES string of the molecule is CCC(C)C(OC(=O)OC(C(C)C)C(C)CC)C(C)C. The average molecular weight is 286 g/mol. The molecule has 4 atom stereocenters. The average Bonchev–Trinajstić information content (AvgIpc) is 2.39. The molecule has 0 radical (unpaired) electrons. The molecular formula is C17H34O3. The minimum Gasteiger partial charge on any atom is -0.430 e. The summed E-state index contributed by atoms with van der Waals surface area (Å²) in [5, 5.41) is 0. The monoisotopic (exact) mass is 286 g/mol. The van der Waals surface area contributed by atoms with Crippen molar-refractivity contribution in [1.82, 2.24) is 0 Å². The second-order valence-corrected chi connectivity index (χ2v) is 6.67. The van der Waals surface area contributed by atoms with E-state index in [4.69, 9.17) is 9.47 Å². The van der Waals surface area contributed by atoms with E-state index in [9.17, 15) is 4.79 Å². The Hall–Kier alpha value is -0.730. The van der Waals surface area contributed by atoms with Crippen LogP contribution in [-0.2, 0) is 9.47 Å². The van der Waals surface area contributed by atoms with Crippen LogP contribution in [0.4, 0.5) is 4.79 Å². The summed E-state index contributed by atoms with van der Waals surface area (Å²) in [7, 11) is 0. The largest absolute Gasteiger partial charge is 0.508 e. The Bertz CT molecular complexity index is 247. The highest BCUT2D eigenvalue weighted by molar-refractivity contribution is 5.60. The zero-order valence-corrected chi connectivity index (χ0v) is 14.6. The van der Waals surface area contributed by atoms with E-state index in [0.717, 1.165) is 12.8 Å². The lowest BCUT2D eigenvalue weighted by atomic mass is 9.92. The second kappa shape index (κ2) is 9.25. The lowest BCUT2D eigenvalue weighted by Crippen LogP contribution is -2.35. The van der Waals surface area contributed by atoms with Crippen LogP contribution in [0.2, 0.25) is 0 Å². The van der Waals surface area contributed by atoms with Gasteiger partial charge < -0.3 is 9.47 Å². The van der Waals surface area contributed by atoms with Gasteiger partial charge in [-0.2, -0.15) is 0 Å². The fourth-order valence-corrected chi connectivity index (χ4v) is 2.53. The summed E-state index contributed by atoms with van der Waals surface area (Å²) in [5.41, 5.74) is 0. The highest BCUT2D eigenvalue weighted by atomic mass is 16.7. The maximum absolute atomic E-state index is 12.1. The molecule has 0 saturated carbocycles. The van der Waals surface area contributed by atoms with E-state index in [0.29, 0.717) is 23.7 Å². The normalized spacial score (nSPS) is 17.7. The van der Waals surface area contributed by atoms with Crippen LogP contribution in [0.25, 0.3) is 0 Å². The van der Waals surface area contributed by atoms with Crippen molar-refractivity contribution in [2.75, 3.05) is 0 Å². The zero-order valence-electron chi connectivity index (χ0n) is 14.6. The minimum atomic E-state index is -0.511. The summed E-state index contributed by atoms with van der Waals surface area (Å²) in [6, 6.07) is 0. The standard InChI is InChI=1S/C17H34O3/c1-9-13(7)15(11(3)4)19-17(18)20-16(12(5)6)14(8)10-2/h11-16H,9-10H2,1-8H3. The van der Waals surface area contributed by atoms with Crippen molar-refractivity contribution in [2.24, 2.45) is 23.7 Å². The van der Waals surface area contributed by atoms with Gasteiger partial charge in [-0.15, -0.1) is 0 Å². The van der Waals surface area contributed by atoms with Gasteiger partial charge in [0.2, 0.25) is 0 Å². The summed E-state index contributed by atoms with van der Waals surface area (Å²) in [5.74, 6) is 1.31. The summed E-state index contributed by atoms with van der Waals surface area (Å²) < 4.78 is 11.2. The van der Waals surface area contributed by atoms with Gasteiger partial charge in [0.25, 0.3) is 0 Å². The molecule has 0 fully saturated rings. The molecule has 0 saturated heterocycles. The number of ether oxygens (including phenoxy) is 2. The first-order valence-electron chi connectivity index (χ1n) is 8.11. The molecule has 3 nitrogen and oxygen atoms in total. The van der Waals surface area contributed by atoms with E-state index < -0.39 is 6.16 Å². The lowest BCUT2D eigenvalue weighted by Gasteiger charge is -2.30. The molecular weight excluding hydrogens is 252 g/mol. The Labute approximate surface area is 125 Å². The quantitative estimate of drug-likeness (QED) is 0.569. The number of hydrogen-bond donors (Lipinski definition) is 0. The van der Waals surface area contributed by atoms with E-state index in [1.54, 1.807) is 0 Å². The third-order valence-electron chi connectivity index (χ3n) is 4.19. The van der Waals surface area contributed by atoms with Crippen molar-refractivity contribution in [3.63, 3.8) is 0 Å². The lowest BCUT2D eigenvalue weighted by molar-refractivity contribution is -0.0526. The van der Waals surface area contributed by atoms with Crippen LogP contribution in [0.1, 0.15) is 68.2 Å². The van der Waals surface area contributed by atoms with Crippen molar-refractivity contribution in [2.45, 2.75) is 80.4 Å². The van der Waals surface area contributed by atoms with Gasteiger partial charge in [-0.3, -0.25) is 0 Å². The van der Waals surface area contributed by atoms with Gasteiger partial charge in [-0.05, 0) is 23.7 Å². The molecule has 0 amide bonds. The van der Waals surface area contributed by atoms with Crippen molar-refractivity contribution in [3.05, 3.63) is 0 Å². The molecule has 0 aromatic heterocycles. The van der Waals surface area contributed by atoms with Crippen molar-refractivity contribution < 1.29 is 14.3 Å². The van der Waals surface area contributed by atoms with Crippen LogP contribution >= 0.6 is 0 Å². The van der Waals surface area contributed by atoms with E-state index in [1.807, 2.05) is 0 Å². The fraction of sp³-hybridized carbons (Fsp3) is 0.941. The number of carbonyl (C=O) groups excluding carboxylic acids is 1. The Kier molecular flexibility index (Phi) is 8.91. The van der Waals surface area contributed by atoms with Crippen LogP contribution in [0.15, 0.2) is 0 Å². The molecule has 0 aliphatic carbocycles. The molecule has 0 heterocycles. The maximum Gasteiger partial charge on any atom is 0.508 e. The third-order valence-corrected chi connectivity index (χ3v) is 4.19. The van der Waals surface area contributed by atoms with Gasteiger partial charge >= 0.3 is 6.16 Å². The predicted octanol–water partition coefficient (Wildman–Crippen LogP) is 5.28. The first-order chi connectivity index (χ1) is 9.24. The zero-order chi connectivity index (χ0) is 15.9. The molecule has 0 aromatic carbocycles. The number of carbonyl (C=O) groups is 1.